The molecule has 1 amide bonds. The van der Waals surface area contributed by atoms with Crippen molar-refractivity contribution in [1.82, 2.24) is 0 Å². The Labute approximate surface area is 156 Å². The average Bonchev–Trinajstić information content (AvgIpc) is 3.17. The first-order valence-electron chi connectivity index (χ1n) is 8.87. The van der Waals surface area contributed by atoms with Gasteiger partial charge in [0, 0.05) is 18.1 Å². The highest BCUT2D eigenvalue weighted by Gasteiger charge is 2.28. The second-order valence-electron chi connectivity index (χ2n) is 6.78. The van der Waals surface area contributed by atoms with Crippen molar-refractivity contribution in [2.45, 2.75) is 19.3 Å². The van der Waals surface area contributed by atoms with Crippen molar-refractivity contribution >= 4 is 28.9 Å². The highest BCUT2D eigenvalue weighted by atomic mass is 35.5. The molecule has 1 N–H and O–H groups in total. The highest BCUT2D eigenvalue weighted by Crippen LogP contribution is 2.33. The van der Waals surface area contributed by atoms with Crippen LogP contribution in [0.1, 0.15) is 18.4 Å². The minimum Gasteiger partial charge on any atom is -0.492 e. The number of nitrogens with one attached hydrogen (secondary N) is 1. The molecule has 4 rings (SSSR count). The van der Waals surface area contributed by atoms with Gasteiger partial charge < -0.3 is 15.0 Å². The lowest BCUT2D eigenvalue weighted by atomic mass is 9.96. The number of anilines is 2. The first kappa shape index (κ1) is 17.2. The van der Waals surface area contributed by atoms with Crippen LogP contribution in [0.4, 0.5) is 15.8 Å². The van der Waals surface area contributed by atoms with Crippen LogP contribution < -0.4 is 15.0 Å². The number of ether oxygens (including phenoxy) is 1. The fourth-order valence-electron chi connectivity index (χ4n) is 3.61. The summed E-state index contributed by atoms with van der Waals surface area (Å²) in [6.07, 6.45) is 2.69. The zero-order valence-corrected chi connectivity index (χ0v) is 15.1. The van der Waals surface area contributed by atoms with Crippen molar-refractivity contribution in [3.8, 4) is 5.75 Å². The SMILES string of the molecule is O=C(Nc1c(F)cccc1N1CCCC1)C1COc2ccc(Cl)cc2C1. The van der Waals surface area contributed by atoms with Crippen molar-refractivity contribution in [1.29, 1.82) is 0 Å². The largest absolute Gasteiger partial charge is 0.492 e. The number of fused-ring (bicyclic) bond motifs is 1. The van der Waals surface area contributed by atoms with Crippen LogP contribution in [0.3, 0.4) is 0 Å². The zero-order valence-electron chi connectivity index (χ0n) is 14.3. The van der Waals surface area contributed by atoms with Crippen molar-refractivity contribution in [2.24, 2.45) is 5.92 Å². The molecule has 1 saturated heterocycles. The summed E-state index contributed by atoms with van der Waals surface area (Å²) < 4.78 is 20.1. The number of carbonyl (C=O) groups is 1. The maximum atomic E-state index is 14.4. The lowest BCUT2D eigenvalue weighted by molar-refractivity contribution is -0.121. The normalized spacial score (nSPS) is 19.0. The molecule has 1 fully saturated rings. The Balaban J connectivity index is 1.54. The van der Waals surface area contributed by atoms with E-state index >= 15 is 0 Å². The van der Waals surface area contributed by atoms with Crippen molar-refractivity contribution in [2.75, 3.05) is 29.9 Å². The predicted octanol–water partition coefficient (Wildman–Crippen LogP) is 4.27. The molecule has 0 radical (unpaired) electrons. The third-order valence-electron chi connectivity index (χ3n) is 4.99. The number of para-hydroxylation sites is 1. The molecule has 2 aromatic carbocycles. The number of amides is 1. The van der Waals surface area contributed by atoms with Crippen LogP contribution in [-0.4, -0.2) is 25.6 Å². The van der Waals surface area contributed by atoms with Crippen LogP contribution in [0.5, 0.6) is 5.75 Å². The topological polar surface area (TPSA) is 41.6 Å². The Morgan fingerprint density at radius 1 is 1.23 bits per heavy atom. The van der Waals surface area contributed by atoms with Crippen molar-refractivity contribution in [3.05, 3.63) is 52.8 Å². The van der Waals surface area contributed by atoms with Crippen LogP contribution in [0.25, 0.3) is 0 Å². The summed E-state index contributed by atoms with van der Waals surface area (Å²) in [4.78, 5) is 14.9. The summed E-state index contributed by atoms with van der Waals surface area (Å²) in [6.45, 7) is 2.03. The molecule has 1 unspecified atom stereocenters. The molecule has 0 saturated carbocycles. The van der Waals surface area contributed by atoms with Crippen molar-refractivity contribution < 1.29 is 13.9 Å². The molecular weight excluding hydrogens is 355 g/mol. The second-order valence-corrected chi connectivity index (χ2v) is 7.22. The number of hydrogen-bond donors (Lipinski definition) is 1. The van der Waals surface area contributed by atoms with E-state index in [1.165, 1.54) is 6.07 Å². The smallest absolute Gasteiger partial charge is 0.231 e. The zero-order chi connectivity index (χ0) is 18.1. The minimum atomic E-state index is -0.414. The van der Waals surface area contributed by atoms with E-state index in [0.29, 0.717) is 11.4 Å². The summed E-state index contributed by atoms with van der Waals surface area (Å²) >= 11 is 6.04. The van der Waals surface area contributed by atoms with E-state index < -0.39 is 5.82 Å². The number of hydrogen-bond acceptors (Lipinski definition) is 3. The maximum absolute atomic E-state index is 14.4. The van der Waals surface area contributed by atoms with E-state index in [9.17, 15) is 9.18 Å². The quantitative estimate of drug-likeness (QED) is 0.872. The Morgan fingerprint density at radius 3 is 2.85 bits per heavy atom. The van der Waals surface area contributed by atoms with Gasteiger partial charge >= 0.3 is 0 Å². The van der Waals surface area contributed by atoms with Gasteiger partial charge in [-0.25, -0.2) is 4.39 Å². The van der Waals surface area contributed by atoms with Gasteiger partial charge in [0.1, 0.15) is 23.9 Å². The molecule has 136 valence electrons. The molecule has 2 aliphatic heterocycles. The van der Waals surface area contributed by atoms with Crippen LogP contribution in [0, 0.1) is 11.7 Å². The fraction of sp³-hybridized carbons (Fsp3) is 0.350. The van der Waals surface area contributed by atoms with Gasteiger partial charge in [0.05, 0.1) is 11.6 Å². The number of nitrogens with zero attached hydrogens (tertiary/aromatic N) is 1. The van der Waals surface area contributed by atoms with Gasteiger partial charge in [0.2, 0.25) is 5.91 Å². The van der Waals surface area contributed by atoms with E-state index in [1.807, 2.05) is 18.2 Å². The third kappa shape index (κ3) is 3.36. The summed E-state index contributed by atoms with van der Waals surface area (Å²) in [5.41, 5.74) is 1.91. The van der Waals surface area contributed by atoms with E-state index in [-0.39, 0.29) is 24.1 Å². The maximum Gasteiger partial charge on any atom is 0.231 e. The molecule has 4 nitrogen and oxygen atoms in total. The van der Waals surface area contributed by atoms with Gasteiger partial charge in [-0.05, 0) is 55.2 Å². The molecule has 0 aliphatic carbocycles. The molecule has 0 bridgehead atoms. The van der Waals surface area contributed by atoms with Crippen LogP contribution >= 0.6 is 11.6 Å². The summed E-state index contributed by atoms with van der Waals surface area (Å²) in [5.74, 6) is -0.279. The van der Waals surface area contributed by atoms with Gasteiger partial charge in [-0.2, -0.15) is 0 Å². The molecular formula is C20H20ClFN2O2. The summed E-state index contributed by atoms with van der Waals surface area (Å²) in [5, 5.41) is 3.41. The first-order chi connectivity index (χ1) is 12.6. The number of carbonyl (C=O) groups excluding carboxylic acids is 1. The monoisotopic (exact) mass is 374 g/mol. The van der Waals surface area contributed by atoms with Crippen LogP contribution in [0.2, 0.25) is 5.02 Å². The molecule has 2 aromatic rings. The summed E-state index contributed by atoms with van der Waals surface area (Å²) in [6, 6.07) is 10.3. The fourth-order valence-corrected chi connectivity index (χ4v) is 3.81. The lowest BCUT2D eigenvalue weighted by Crippen LogP contribution is -2.33. The molecule has 0 aromatic heterocycles. The van der Waals surface area contributed by atoms with E-state index in [1.54, 1.807) is 12.1 Å². The third-order valence-corrected chi connectivity index (χ3v) is 5.22. The second kappa shape index (κ2) is 7.16. The van der Waals surface area contributed by atoms with Gasteiger partial charge in [0.15, 0.2) is 0 Å². The molecule has 2 heterocycles. The Bertz CT molecular complexity index is 837. The van der Waals surface area contributed by atoms with Gasteiger partial charge in [-0.1, -0.05) is 17.7 Å². The highest BCUT2D eigenvalue weighted by molar-refractivity contribution is 6.30. The molecule has 1 atom stereocenters. The molecule has 0 spiro atoms. The number of benzene rings is 2. The molecule has 26 heavy (non-hydrogen) atoms. The lowest BCUT2D eigenvalue weighted by Gasteiger charge is -2.26. The van der Waals surface area contributed by atoms with Gasteiger partial charge in [0.25, 0.3) is 0 Å². The average molecular weight is 375 g/mol. The number of rotatable bonds is 3. The first-order valence-corrected chi connectivity index (χ1v) is 9.25. The van der Waals surface area contributed by atoms with E-state index in [0.717, 1.165) is 42.9 Å². The van der Waals surface area contributed by atoms with Crippen LogP contribution in [-0.2, 0) is 11.2 Å². The standard InChI is InChI=1S/C20H20ClFN2O2/c21-15-6-7-18-13(11-15)10-14(12-26-18)20(25)23-19-16(22)4-3-5-17(19)24-8-1-2-9-24/h3-7,11,14H,1-2,8-10,12H2,(H,23,25). The van der Waals surface area contributed by atoms with E-state index in [4.69, 9.17) is 16.3 Å². The molecule has 2 aliphatic rings. The van der Waals surface area contributed by atoms with E-state index in [2.05, 4.69) is 10.2 Å². The Morgan fingerprint density at radius 2 is 2.04 bits per heavy atom. The Hall–Kier alpha value is -2.27. The Kier molecular flexibility index (Phi) is 4.72. The summed E-state index contributed by atoms with van der Waals surface area (Å²) in [7, 11) is 0. The minimum absolute atomic E-state index is 0.235. The number of halogens is 2. The van der Waals surface area contributed by atoms with Gasteiger partial charge in [-0.3, -0.25) is 4.79 Å². The predicted molar refractivity (Wildman–Crippen MR) is 101 cm³/mol. The van der Waals surface area contributed by atoms with Crippen LogP contribution in [0.15, 0.2) is 36.4 Å². The van der Waals surface area contributed by atoms with Gasteiger partial charge in [-0.15, -0.1) is 0 Å². The molecule has 6 heteroatoms. The van der Waals surface area contributed by atoms with Crippen molar-refractivity contribution in [3.63, 3.8) is 0 Å².